The highest BCUT2D eigenvalue weighted by molar-refractivity contribution is 5.20. The number of alkyl halides is 1. The molecule has 1 nitrogen and oxygen atoms in total. The Kier molecular flexibility index (Phi) is 3.97. The van der Waals surface area contributed by atoms with Crippen molar-refractivity contribution in [3.8, 4) is 0 Å². The quantitative estimate of drug-likeness (QED) is 0.847. The zero-order valence-corrected chi connectivity index (χ0v) is 9.43. The van der Waals surface area contributed by atoms with E-state index in [0.29, 0.717) is 5.56 Å². The third-order valence-corrected chi connectivity index (χ3v) is 2.79. The first-order valence-electron chi connectivity index (χ1n) is 5.21. The van der Waals surface area contributed by atoms with E-state index in [1.807, 2.05) is 0 Å². The molecule has 0 aliphatic heterocycles. The Bertz CT molecular complexity index is 345. The summed E-state index contributed by atoms with van der Waals surface area (Å²) in [5, 5.41) is 0. The first-order valence-corrected chi connectivity index (χ1v) is 5.21. The van der Waals surface area contributed by atoms with E-state index in [4.69, 9.17) is 5.73 Å². The first-order chi connectivity index (χ1) is 7.37. The molecule has 90 valence electrons. The number of halogens is 3. The van der Waals surface area contributed by atoms with Gasteiger partial charge >= 0.3 is 0 Å². The Morgan fingerprint density at radius 2 is 1.69 bits per heavy atom. The molecule has 0 radical (unpaired) electrons. The number of hydrogen-bond donors (Lipinski definition) is 1. The molecule has 4 heteroatoms. The van der Waals surface area contributed by atoms with Crippen LogP contribution in [0, 0.1) is 17.6 Å². The van der Waals surface area contributed by atoms with Gasteiger partial charge in [0.2, 0.25) is 0 Å². The predicted molar refractivity (Wildman–Crippen MR) is 57.8 cm³/mol. The molecule has 0 aliphatic carbocycles. The van der Waals surface area contributed by atoms with Crippen molar-refractivity contribution >= 4 is 0 Å². The molecule has 1 aromatic rings. The lowest BCUT2D eigenvalue weighted by Crippen LogP contribution is -2.40. The van der Waals surface area contributed by atoms with Gasteiger partial charge in [0.25, 0.3) is 0 Å². The summed E-state index contributed by atoms with van der Waals surface area (Å²) in [5.74, 6) is -1.69. The van der Waals surface area contributed by atoms with Crippen LogP contribution in [0.3, 0.4) is 0 Å². The van der Waals surface area contributed by atoms with E-state index in [1.165, 1.54) is 0 Å². The molecule has 0 fully saturated rings. The zero-order valence-electron chi connectivity index (χ0n) is 9.43. The average molecular weight is 231 g/mol. The molecule has 0 heterocycles. The number of hydrogen-bond acceptors (Lipinski definition) is 1. The van der Waals surface area contributed by atoms with Crippen molar-refractivity contribution in [1.82, 2.24) is 0 Å². The van der Waals surface area contributed by atoms with Crippen LogP contribution >= 0.6 is 0 Å². The molecule has 0 aliphatic rings. The van der Waals surface area contributed by atoms with Crippen LogP contribution in [0.2, 0.25) is 0 Å². The Hall–Kier alpha value is -1.03. The summed E-state index contributed by atoms with van der Waals surface area (Å²) in [5.41, 5.74) is 4.04. The van der Waals surface area contributed by atoms with Crippen molar-refractivity contribution in [1.29, 1.82) is 0 Å². The van der Waals surface area contributed by atoms with E-state index in [9.17, 15) is 13.2 Å². The highest BCUT2D eigenvalue weighted by Crippen LogP contribution is 2.26. The molecule has 0 spiro atoms. The van der Waals surface area contributed by atoms with Gasteiger partial charge in [-0.05, 0) is 23.6 Å². The highest BCUT2D eigenvalue weighted by atomic mass is 19.1. The predicted octanol–water partition coefficient (Wildman–Crippen LogP) is 2.83. The second kappa shape index (κ2) is 4.87. The van der Waals surface area contributed by atoms with Gasteiger partial charge in [-0.15, -0.1) is 0 Å². The first kappa shape index (κ1) is 13.0. The van der Waals surface area contributed by atoms with E-state index in [2.05, 4.69) is 0 Å². The van der Waals surface area contributed by atoms with Gasteiger partial charge in [0.15, 0.2) is 0 Å². The van der Waals surface area contributed by atoms with Gasteiger partial charge in [-0.1, -0.05) is 13.8 Å². The summed E-state index contributed by atoms with van der Waals surface area (Å²) in [6.07, 6.45) is -0.0736. The fourth-order valence-electron chi connectivity index (χ4n) is 1.56. The number of nitrogens with two attached hydrogens (primary N) is 1. The summed E-state index contributed by atoms with van der Waals surface area (Å²) >= 11 is 0. The summed E-state index contributed by atoms with van der Waals surface area (Å²) < 4.78 is 40.1. The van der Waals surface area contributed by atoms with Crippen molar-refractivity contribution in [2.75, 3.05) is 6.54 Å². The molecule has 16 heavy (non-hydrogen) atoms. The molecule has 0 saturated carbocycles. The molecule has 1 unspecified atom stereocenters. The monoisotopic (exact) mass is 231 g/mol. The molecule has 0 saturated heterocycles. The van der Waals surface area contributed by atoms with Gasteiger partial charge < -0.3 is 5.73 Å². The van der Waals surface area contributed by atoms with E-state index in [-0.39, 0.29) is 18.9 Å². The average Bonchev–Trinajstić information content (AvgIpc) is 2.15. The van der Waals surface area contributed by atoms with Gasteiger partial charge in [-0.3, -0.25) is 0 Å². The number of rotatable bonds is 4. The van der Waals surface area contributed by atoms with Crippen molar-refractivity contribution < 1.29 is 13.2 Å². The van der Waals surface area contributed by atoms with Gasteiger partial charge in [0.1, 0.15) is 17.3 Å². The van der Waals surface area contributed by atoms with Gasteiger partial charge in [-0.25, -0.2) is 13.2 Å². The SMILES string of the molecule is CC(C)C(F)(CN)Cc1cc(F)cc(F)c1. The Morgan fingerprint density at radius 3 is 2.06 bits per heavy atom. The van der Waals surface area contributed by atoms with Crippen molar-refractivity contribution in [3.05, 3.63) is 35.4 Å². The minimum atomic E-state index is -1.62. The summed E-state index contributed by atoms with van der Waals surface area (Å²) in [4.78, 5) is 0. The smallest absolute Gasteiger partial charge is 0.129 e. The van der Waals surface area contributed by atoms with Crippen LogP contribution in [0.15, 0.2) is 18.2 Å². The molecule has 0 bridgehead atoms. The van der Waals surface area contributed by atoms with E-state index in [0.717, 1.165) is 18.2 Å². The van der Waals surface area contributed by atoms with E-state index < -0.39 is 17.3 Å². The van der Waals surface area contributed by atoms with Crippen LogP contribution in [0.1, 0.15) is 19.4 Å². The van der Waals surface area contributed by atoms with Gasteiger partial charge in [0, 0.05) is 19.0 Å². The number of benzene rings is 1. The lowest BCUT2D eigenvalue weighted by Gasteiger charge is -2.28. The maximum absolute atomic E-state index is 14.2. The minimum Gasteiger partial charge on any atom is -0.328 e. The van der Waals surface area contributed by atoms with Crippen molar-refractivity contribution in [2.24, 2.45) is 11.7 Å². The largest absolute Gasteiger partial charge is 0.328 e. The summed E-state index contributed by atoms with van der Waals surface area (Å²) in [6.45, 7) is 3.23. The molecule has 0 amide bonds. The van der Waals surface area contributed by atoms with Crippen LogP contribution in [0.5, 0.6) is 0 Å². The second-order valence-corrected chi connectivity index (χ2v) is 4.35. The maximum Gasteiger partial charge on any atom is 0.129 e. The lowest BCUT2D eigenvalue weighted by atomic mass is 9.86. The van der Waals surface area contributed by atoms with Gasteiger partial charge in [0.05, 0.1) is 0 Å². The fraction of sp³-hybridized carbons (Fsp3) is 0.500. The Morgan fingerprint density at radius 1 is 1.19 bits per heavy atom. The molecule has 1 rings (SSSR count). The summed E-state index contributed by atoms with van der Waals surface area (Å²) in [7, 11) is 0. The molecule has 1 aromatic carbocycles. The topological polar surface area (TPSA) is 26.0 Å². The lowest BCUT2D eigenvalue weighted by molar-refractivity contribution is 0.110. The molecule has 2 N–H and O–H groups in total. The molecule has 1 atom stereocenters. The standard InChI is InChI=1S/C12H16F3N/c1-8(2)12(15,7-16)6-9-3-10(13)5-11(14)4-9/h3-5,8H,6-7,16H2,1-2H3. The van der Waals surface area contributed by atoms with Crippen LogP contribution in [0.4, 0.5) is 13.2 Å². The van der Waals surface area contributed by atoms with Crippen LogP contribution in [-0.4, -0.2) is 12.2 Å². The zero-order chi connectivity index (χ0) is 12.3. The van der Waals surface area contributed by atoms with Crippen LogP contribution in [0.25, 0.3) is 0 Å². The normalized spacial score (nSPS) is 15.2. The minimum absolute atomic E-state index is 0.0736. The molecule has 0 aromatic heterocycles. The van der Waals surface area contributed by atoms with E-state index in [1.54, 1.807) is 13.8 Å². The van der Waals surface area contributed by atoms with Crippen LogP contribution < -0.4 is 5.73 Å². The van der Waals surface area contributed by atoms with Crippen molar-refractivity contribution in [2.45, 2.75) is 25.9 Å². The second-order valence-electron chi connectivity index (χ2n) is 4.35. The van der Waals surface area contributed by atoms with Crippen LogP contribution in [-0.2, 0) is 6.42 Å². The van der Waals surface area contributed by atoms with E-state index >= 15 is 0 Å². The van der Waals surface area contributed by atoms with Crippen molar-refractivity contribution in [3.63, 3.8) is 0 Å². The van der Waals surface area contributed by atoms with Gasteiger partial charge in [-0.2, -0.15) is 0 Å². The fourth-order valence-corrected chi connectivity index (χ4v) is 1.56. The highest BCUT2D eigenvalue weighted by Gasteiger charge is 2.32. The summed E-state index contributed by atoms with van der Waals surface area (Å²) in [6, 6.07) is 3.03. The Balaban J connectivity index is 2.94. The molecular formula is C12H16F3N. The Labute approximate surface area is 93.5 Å². The maximum atomic E-state index is 14.2. The third-order valence-electron chi connectivity index (χ3n) is 2.79. The third kappa shape index (κ3) is 2.98. The molecular weight excluding hydrogens is 215 g/mol.